The molecule has 1 amide bonds. The lowest BCUT2D eigenvalue weighted by atomic mass is 9.73. The summed E-state index contributed by atoms with van der Waals surface area (Å²) in [6.07, 6.45) is 7.73. The summed E-state index contributed by atoms with van der Waals surface area (Å²) in [5.74, 6) is 0.999. The molecule has 33 heavy (non-hydrogen) atoms. The summed E-state index contributed by atoms with van der Waals surface area (Å²) in [6.45, 7) is 5.18. The molecule has 1 atom stereocenters. The van der Waals surface area contributed by atoms with E-state index >= 15 is 0 Å². The molecule has 0 aliphatic carbocycles. The molecule has 2 aromatic carbocycles. The third-order valence-corrected chi connectivity index (χ3v) is 6.42. The van der Waals surface area contributed by atoms with Crippen molar-refractivity contribution in [1.29, 1.82) is 0 Å². The molecule has 1 aromatic heterocycles. The molecule has 6 heteroatoms. The predicted octanol–water partition coefficient (Wildman–Crippen LogP) is 4.11. The summed E-state index contributed by atoms with van der Waals surface area (Å²) in [4.78, 5) is 24.1. The highest BCUT2D eigenvalue weighted by molar-refractivity contribution is 5.83. The fourth-order valence-electron chi connectivity index (χ4n) is 4.91. The lowest BCUT2D eigenvalue weighted by molar-refractivity contribution is -0.134. The number of ether oxygens (including phenoxy) is 1. The molecule has 4 rings (SSSR count). The SMILES string of the molecule is CCOc1ccc(CN2CCCC(Cc3ccccc3-c3cncnc3)(C(=O)NC)C2)cc1. The van der Waals surface area contributed by atoms with Crippen molar-refractivity contribution in [2.24, 2.45) is 5.41 Å². The van der Waals surface area contributed by atoms with Crippen LogP contribution in [0.1, 0.15) is 30.9 Å². The van der Waals surface area contributed by atoms with Crippen molar-refractivity contribution in [3.63, 3.8) is 0 Å². The van der Waals surface area contributed by atoms with Crippen LogP contribution in [-0.2, 0) is 17.8 Å². The van der Waals surface area contributed by atoms with Gasteiger partial charge in [0.25, 0.3) is 0 Å². The van der Waals surface area contributed by atoms with Gasteiger partial charge in [0.15, 0.2) is 0 Å². The molecular formula is C27H32N4O2. The molecule has 0 radical (unpaired) electrons. The number of nitrogens with one attached hydrogen (secondary N) is 1. The number of carbonyl (C=O) groups is 1. The molecule has 2 heterocycles. The van der Waals surface area contributed by atoms with Crippen LogP contribution in [-0.4, -0.2) is 47.5 Å². The number of carbonyl (C=O) groups excluding carboxylic acids is 1. The standard InChI is InChI=1S/C27H32N4O2/c1-3-33-24-11-9-21(10-12-24)18-31-14-6-13-27(19-31,26(32)28-2)15-22-7-4-5-8-25(22)23-16-29-20-30-17-23/h4-5,7-12,16-17,20H,3,6,13-15,18-19H2,1-2H3,(H,28,32). The van der Waals surface area contributed by atoms with Crippen molar-refractivity contribution in [3.05, 3.63) is 78.4 Å². The number of benzene rings is 2. The quantitative estimate of drug-likeness (QED) is 0.566. The minimum atomic E-state index is -0.482. The third kappa shape index (κ3) is 5.40. The van der Waals surface area contributed by atoms with Crippen molar-refractivity contribution in [2.45, 2.75) is 32.7 Å². The number of likely N-dealkylation sites (tertiary alicyclic amines) is 1. The summed E-state index contributed by atoms with van der Waals surface area (Å²) in [5.41, 5.74) is 3.96. The van der Waals surface area contributed by atoms with E-state index in [-0.39, 0.29) is 5.91 Å². The summed E-state index contributed by atoms with van der Waals surface area (Å²) >= 11 is 0. The van der Waals surface area contributed by atoms with E-state index in [2.05, 4.69) is 44.5 Å². The maximum atomic E-state index is 13.3. The zero-order valence-electron chi connectivity index (χ0n) is 19.5. The van der Waals surface area contributed by atoms with Crippen LogP contribution in [0, 0.1) is 5.41 Å². The van der Waals surface area contributed by atoms with Gasteiger partial charge in [0, 0.05) is 38.1 Å². The second-order valence-electron chi connectivity index (χ2n) is 8.71. The number of aromatic nitrogens is 2. The number of nitrogens with zero attached hydrogens (tertiary/aromatic N) is 3. The fraction of sp³-hybridized carbons (Fsp3) is 0.370. The van der Waals surface area contributed by atoms with Crippen molar-refractivity contribution >= 4 is 5.91 Å². The van der Waals surface area contributed by atoms with Gasteiger partial charge in [-0.25, -0.2) is 9.97 Å². The van der Waals surface area contributed by atoms with Gasteiger partial charge >= 0.3 is 0 Å². The van der Waals surface area contributed by atoms with E-state index < -0.39 is 5.41 Å². The van der Waals surface area contributed by atoms with E-state index in [1.165, 1.54) is 11.9 Å². The molecule has 1 saturated heterocycles. The Bertz CT molecular complexity index is 1060. The number of hydrogen-bond acceptors (Lipinski definition) is 5. The molecule has 0 saturated carbocycles. The fourth-order valence-corrected chi connectivity index (χ4v) is 4.91. The smallest absolute Gasteiger partial charge is 0.227 e. The van der Waals surface area contributed by atoms with Crippen LogP contribution >= 0.6 is 0 Å². The van der Waals surface area contributed by atoms with E-state index in [0.717, 1.165) is 54.9 Å². The maximum Gasteiger partial charge on any atom is 0.227 e. The first kappa shape index (κ1) is 22.9. The maximum absolute atomic E-state index is 13.3. The lowest BCUT2D eigenvalue weighted by Crippen LogP contribution is -2.52. The molecule has 1 N–H and O–H groups in total. The average molecular weight is 445 g/mol. The Morgan fingerprint density at radius 3 is 2.61 bits per heavy atom. The van der Waals surface area contributed by atoms with Gasteiger partial charge < -0.3 is 10.1 Å². The Labute approximate surface area is 196 Å². The van der Waals surface area contributed by atoms with E-state index in [1.807, 2.05) is 43.6 Å². The largest absolute Gasteiger partial charge is 0.494 e. The molecule has 1 aliphatic rings. The van der Waals surface area contributed by atoms with E-state index in [4.69, 9.17) is 4.74 Å². The van der Waals surface area contributed by atoms with Crippen LogP contribution in [0.25, 0.3) is 11.1 Å². The molecule has 3 aromatic rings. The molecule has 1 unspecified atom stereocenters. The summed E-state index contributed by atoms with van der Waals surface area (Å²) in [6, 6.07) is 16.6. The lowest BCUT2D eigenvalue weighted by Gasteiger charge is -2.42. The minimum absolute atomic E-state index is 0.109. The third-order valence-electron chi connectivity index (χ3n) is 6.42. The highest BCUT2D eigenvalue weighted by Gasteiger charge is 2.42. The summed E-state index contributed by atoms with van der Waals surface area (Å²) in [5, 5.41) is 2.95. The monoisotopic (exact) mass is 444 g/mol. The second kappa shape index (κ2) is 10.6. The Kier molecular flexibility index (Phi) is 7.35. The molecule has 6 nitrogen and oxygen atoms in total. The number of hydrogen-bond donors (Lipinski definition) is 1. The Morgan fingerprint density at radius 2 is 1.88 bits per heavy atom. The summed E-state index contributed by atoms with van der Waals surface area (Å²) in [7, 11) is 1.74. The van der Waals surface area contributed by atoms with Gasteiger partial charge in [0.05, 0.1) is 12.0 Å². The Balaban J connectivity index is 1.57. The molecule has 172 valence electrons. The van der Waals surface area contributed by atoms with E-state index in [1.54, 1.807) is 7.05 Å². The first-order chi connectivity index (χ1) is 16.1. The molecular weight excluding hydrogens is 412 g/mol. The molecule has 1 fully saturated rings. The van der Waals surface area contributed by atoms with Crippen molar-refractivity contribution in [3.8, 4) is 16.9 Å². The van der Waals surface area contributed by atoms with Crippen molar-refractivity contribution in [2.75, 3.05) is 26.7 Å². The first-order valence-electron chi connectivity index (χ1n) is 11.6. The van der Waals surface area contributed by atoms with Crippen LogP contribution < -0.4 is 10.1 Å². The Morgan fingerprint density at radius 1 is 1.12 bits per heavy atom. The van der Waals surface area contributed by atoms with Crippen LogP contribution in [0.4, 0.5) is 0 Å². The number of rotatable bonds is 8. The summed E-state index contributed by atoms with van der Waals surface area (Å²) < 4.78 is 5.57. The number of piperidine rings is 1. The van der Waals surface area contributed by atoms with Gasteiger partial charge in [0.2, 0.25) is 5.91 Å². The highest BCUT2D eigenvalue weighted by atomic mass is 16.5. The van der Waals surface area contributed by atoms with Gasteiger partial charge in [-0.3, -0.25) is 9.69 Å². The zero-order valence-corrected chi connectivity index (χ0v) is 19.5. The minimum Gasteiger partial charge on any atom is -0.494 e. The van der Waals surface area contributed by atoms with Crippen molar-refractivity contribution in [1.82, 2.24) is 20.2 Å². The van der Waals surface area contributed by atoms with Gasteiger partial charge in [-0.1, -0.05) is 36.4 Å². The van der Waals surface area contributed by atoms with E-state index in [9.17, 15) is 4.79 Å². The number of amides is 1. The molecule has 0 spiro atoms. The zero-order chi connectivity index (χ0) is 23.1. The molecule has 1 aliphatic heterocycles. The second-order valence-corrected chi connectivity index (χ2v) is 8.71. The normalized spacial score (nSPS) is 18.6. The van der Waals surface area contributed by atoms with Gasteiger partial charge in [-0.15, -0.1) is 0 Å². The Hall–Kier alpha value is -3.25. The van der Waals surface area contributed by atoms with Crippen LogP contribution in [0.5, 0.6) is 5.75 Å². The van der Waals surface area contributed by atoms with E-state index in [0.29, 0.717) is 13.0 Å². The average Bonchev–Trinajstić information content (AvgIpc) is 2.86. The topological polar surface area (TPSA) is 67.3 Å². The van der Waals surface area contributed by atoms with Gasteiger partial charge in [-0.05, 0) is 61.6 Å². The molecule has 0 bridgehead atoms. The van der Waals surface area contributed by atoms with Gasteiger partial charge in [-0.2, -0.15) is 0 Å². The first-order valence-corrected chi connectivity index (χ1v) is 11.6. The highest BCUT2D eigenvalue weighted by Crippen LogP contribution is 2.37. The van der Waals surface area contributed by atoms with Gasteiger partial charge in [0.1, 0.15) is 12.1 Å². The van der Waals surface area contributed by atoms with Crippen LogP contribution in [0.15, 0.2) is 67.3 Å². The predicted molar refractivity (Wildman–Crippen MR) is 130 cm³/mol. The van der Waals surface area contributed by atoms with Crippen LogP contribution in [0.2, 0.25) is 0 Å². The van der Waals surface area contributed by atoms with Crippen LogP contribution in [0.3, 0.4) is 0 Å². The van der Waals surface area contributed by atoms with Crippen molar-refractivity contribution < 1.29 is 9.53 Å².